The number of carbonyl (C=O) groups excluding carboxylic acids is 1. The van der Waals surface area contributed by atoms with Gasteiger partial charge in [-0.05, 0) is 36.3 Å². The lowest BCUT2D eigenvalue weighted by Crippen LogP contribution is -1.87. The first kappa shape index (κ1) is 11.0. The van der Waals surface area contributed by atoms with Crippen molar-refractivity contribution in [3.8, 4) is 0 Å². The molecule has 1 aromatic rings. The van der Waals surface area contributed by atoms with Crippen LogP contribution in [0, 0.1) is 6.92 Å². The van der Waals surface area contributed by atoms with Gasteiger partial charge in [-0.1, -0.05) is 30.7 Å². The third-order valence-electron chi connectivity index (χ3n) is 2.04. The first-order valence-electron chi connectivity index (χ1n) is 4.60. The molecular formula is C12H13ClO. The summed E-state index contributed by atoms with van der Waals surface area (Å²) < 4.78 is 0. The van der Waals surface area contributed by atoms with Gasteiger partial charge in [-0.25, -0.2) is 0 Å². The van der Waals surface area contributed by atoms with Crippen LogP contribution in [-0.2, 0) is 4.79 Å². The van der Waals surface area contributed by atoms with Gasteiger partial charge < -0.3 is 0 Å². The molecule has 1 aromatic carbocycles. The molecule has 0 saturated heterocycles. The zero-order valence-electron chi connectivity index (χ0n) is 8.38. The lowest BCUT2D eigenvalue weighted by atomic mass is 10.1. The first-order valence-corrected chi connectivity index (χ1v) is 4.98. The Labute approximate surface area is 89.4 Å². The molecule has 0 fully saturated rings. The summed E-state index contributed by atoms with van der Waals surface area (Å²) in [7, 11) is 0. The van der Waals surface area contributed by atoms with Crippen LogP contribution in [0.3, 0.4) is 0 Å². The second-order valence-electron chi connectivity index (χ2n) is 3.15. The summed E-state index contributed by atoms with van der Waals surface area (Å²) in [5.41, 5.74) is 2.12. The van der Waals surface area contributed by atoms with Gasteiger partial charge in [-0.15, -0.1) is 0 Å². The highest BCUT2D eigenvalue weighted by Gasteiger charge is 1.96. The van der Waals surface area contributed by atoms with Gasteiger partial charge in [0.15, 0.2) is 5.78 Å². The maximum Gasteiger partial charge on any atom is 0.155 e. The molecule has 0 atom stereocenters. The Morgan fingerprint density at radius 2 is 2.21 bits per heavy atom. The fraction of sp³-hybridized carbons (Fsp3) is 0.250. The number of hydrogen-bond donors (Lipinski definition) is 0. The van der Waals surface area contributed by atoms with Gasteiger partial charge >= 0.3 is 0 Å². The number of rotatable bonds is 3. The summed E-state index contributed by atoms with van der Waals surface area (Å²) >= 11 is 5.85. The van der Waals surface area contributed by atoms with E-state index >= 15 is 0 Å². The molecule has 0 spiro atoms. The van der Waals surface area contributed by atoms with Crippen molar-refractivity contribution in [1.82, 2.24) is 0 Å². The smallest absolute Gasteiger partial charge is 0.155 e. The van der Waals surface area contributed by atoms with E-state index in [-0.39, 0.29) is 5.78 Å². The monoisotopic (exact) mass is 208 g/mol. The minimum absolute atomic E-state index is 0.129. The van der Waals surface area contributed by atoms with Crippen LogP contribution in [0.2, 0.25) is 5.02 Å². The van der Waals surface area contributed by atoms with E-state index in [1.165, 1.54) is 0 Å². The Kier molecular flexibility index (Phi) is 3.90. The van der Waals surface area contributed by atoms with E-state index in [2.05, 4.69) is 0 Å². The van der Waals surface area contributed by atoms with Crippen LogP contribution < -0.4 is 0 Å². The van der Waals surface area contributed by atoms with Crippen LogP contribution in [0.25, 0.3) is 6.08 Å². The number of allylic oxidation sites excluding steroid dienone is 1. The quantitative estimate of drug-likeness (QED) is 0.694. The largest absolute Gasteiger partial charge is 0.295 e. The van der Waals surface area contributed by atoms with Gasteiger partial charge in [0.2, 0.25) is 0 Å². The molecule has 0 N–H and O–H groups in total. The summed E-state index contributed by atoms with van der Waals surface area (Å²) in [6.07, 6.45) is 3.95. The lowest BCUT2D eigenvalue weighted by molar-refractivity contribution is -0.114. The Morgan fingerprint density at radius 1 is 1.50 bits per heavy atom. The molecule has 2 heteroatoms. The normalized spacial score (nSPS) is 10.8. The zero-order valence-corrected chi connectivity index (χ0v) is 9.14. The molecular weight excluding hydrogens is 196 g/mol. The van der Waals surface area contributed by atoms with Crippen molar-refractivity contribution in [2.45, 2.75) is 20.3 Å². The van der Waals surface area contributed by atoms with E-state index in [1.807, 2.05) is 38.1 Å². The first-order chi connectivity index (χ1) is 6.63. The maximum absolute atomic E-state index is 11.1. The fourth-order valence-corrected chi connectivity index (χ4v) is 1.27. The van der Waals surface area contributed by atoms with Gasteiger partial charge in [0.25, 0.3) is 0 Å². The van der Waals surface area contributed by atoms with Crippen molar-refractivity contribution < 1.29 is 4.79 Å². The Bertz CT molecular complexity index is 367. The third kappa shape index (κ3) is 3.00. The summed E-state index contributed by atoms with van der Waals surface area (Å²) in [4.78, 5) is 11.1. The number of carbonyl (C=O) groups is 1. The molecule has 0 radical (unpaired) electrons. The van der Waals surface area contributed by atoms with Crippen molar-refractivity contribution >= 4 is 23.5 Å². The number of hydrogen-bond acceptors (Lipinski definition) is 1. The van der Waals surface area contributed by atoms with Gasteiger partial charge in [-0.2, -0.15) is 0 Å². The fourth-order valence-electron chi connectivity index (χ4n) is 1.09. The summed E-state index contributed by atoms with van der Waals surface area (Å²) in [5.74, 6) is 0.129. The molecule has 1 nitrogen and oxygen atoms in total. The van der Waals surface area contributed by atoms with E-state index in [0.29, 0.717) is 11.4 Å². The molecule has 0 amide bonds. The second-order valence-corrected chi connectivity index (χ2v) is 3.59. The van der Waals surface area contributed by atoms with Crippen molar-refractivity contribution in [3.63, 3.8) is 0 Å². The molecule has 0 saturated carbocycles. The van der Waals surface area contributed by atoms with E-state index < -0.39 is 0 Å². The Hall–Kier alpha value is -1.08. The predicted molar refractivity (Wildman–Crippen MR) is 60.5 cm³/mol. The predicted octanol–water partition coefficient (Wildman–Crippen LogP) is 3.64. The molecule has 0 heterocycles. The van der Waals surface area contributed by atoms with Crippen LogP contribution in [0.4, 0.5) is 0 Å². The Morgan fingerprint density at radius 3 is 2.86 bits per heavy atom. The van der Waals surface area contributed by atoms with Gasteiger partial charge in [0.1, 0.15) is 0 Å². The lowest BCUT2D eigenvalue weighted by Gasteiger charge is -1.99. The van der Waals surface area contributed by atoms with Gasteiger partial charge in [0, 0.05) is 11.4 Å². The average molecular weight is 209 g/mol. The molecule has 0 unspecified atom stereocenters. The third-order valence-corrected chi connectivity index (χ3v) is 2.27. The molecule has 0 aliphatic carbocycles. The van der Waals surface area contributed by atoms with Crippen molar-refractivity contribution in [3.05, 3.63) is 40.4 Å². The SMILES string of the molecule is CCC(=O)/C=C/c1cc(Cl)ccc1C. The summed E-state index contributed by atoms with van der Waals surface area (Å²) in [6, 6.07) is 5.64. The van der Waals surface area contributed by atoms with Crippen LogP contribution in [0.15, 0.2) is 24.3 Å². The highest BCUT2D eigenvalue weighted by Crippen LogP contribution is 2.16. The van der Waals surface area contributed by atoms with Crippen molar-refractivity contribution in [2.75, 3.05) is 0 Å². The number of aryl methyl sites for hydroxylation is 1. The van der Waals surface area contributed by atoms with Crippen molar-refractivity contribution in [1.29, 1.82) is 0 Å². The van der Waals surface area contributed by atoms with E-state index in [9.17, 15) is 4.79 Å². The average Bonchev–Trinajstić information content (AvgIpc) is 2.19. The van der Waals surface area contributed by atoms with E-state index in [4.69, 9.17) is 11.6 Å². The van der Waals surface area contributed by atoms with Gasteiger partial charge in [0.05, 0.1) is 0 Å². The van der Waals surface area contributed by atoms with E-state index in [0.717, 1.165) is 11.1 Å². The molecule has 0 aliphatic rings. The van der Waals surface area contributed by atoms with Gasteiger partial charge in [-0.3, -0.25) is 4.79 Å². The van der Waals surface area contributed by atoms with Crippen LogP contribution in [-0.4, -0.2) is 5.78 Å². The standard InChI is InChI=1S/C12H13ClO/c1-3-12(14)7-5-10-8-11(13)6-4-9(10)2/h4-8H,3H2,1-2H3/b7-5+. The topological polar surface area (TPSA) is 17.1 Å². The molecule has 14 heavy (non-hydrogen) atoms. The molecule has 0 bridgehead atoms. The highest BCUT2D eigenvalue weighted by molar-refractivity contribution is 6.30. The number of ketones is 1. The molecule has 0 aromatic heterocycles. The number of benzene rings is 1. The molecule has 74 valence electrons. The van der Waals surface area contributed by atoms with Crippen LogP contribution in [0.5, 0.6) is 0 Å². The van der Waals surface area contributed by atoms with E-state index in [1.54, 1.807) is 6.08 Å². The van der Waals surface area contributed by atoms with Crippen LogP contribution >= 0.6 is 11.6 Å². The number of halogens is 1. The highest BCUT2D eigenvalue weighted by atomic mass is 35.5. The Balaban J connectivity index is 2.90. The summed E-state index contributed by atoms with van der Waals surface area (Å²) in [6.45, 7) is 3.84. The minimum atomic E-state index is 0.129. The molecule has 1 rings (SSSR count). The zero-order chi connectivity index (χ0) is 10.6. The maximum atomic E-state index is 11.1. The summed E-state index contributed by atoms with van der Waals surface area (Å²) in [5, 5.41) is 0.694. The minimum Gasteiger partial charge on any atom is -0.295 e. The van der Waals surface area contributed by atoms with Crippen molar-refractivity contribution in [2.24, 2.45) is 0 Å². The second kappa shape index (κ2) is 4.97. The molecule has 0 aliphatic heterocycles. The van der Waals surface area contributed by atoms with Crippen LogP contribution in [0.1, 0.15) is 24.5 Å².